The summed E-state index contributed by atoms with van der Waals surface area (Å²) < 4.78 is 9.56. The van der Waals surface area contributed by atoms with Gasteiger partial charge in [-0.1, -0.05) is 170 Å². The number of ether oxygens (including phenoxy) is 1. The quantitative estimate of drug-likeness (QED) is 0.173. The first kappa shape index (κ1) is 33.0. The van der Waals surface area contributed by atoms with Gasteiger partial charge in [-0.15, -0.1) is 11.3 Å². The van der Waals surface area contributed by atoms with Gasteiger partial charge in [0, 0.05) is 54.3 Å². The normalized spacial score (nSPS) is 13.1. The van der Waals surface area contributed by atoms with E-state index in [4.69, 9.17) is 4.74 Å². The molecular formula is C55H35NOS. The van der Waals surface area contributed by atoms with Crippen LogP contribution in [-0.4, -0.2) is 0 Å². The second-order valence-corrected chi connectivity index (χ2v) is 16.2. The Hall–Kier alpha value is -7.20. The summed E-state index contributed by atoms with van der Waals surface area (Å²) in [7, 11) is 0. The number of anilines is 3. The fraction of sp³-hybridized carbons (Fsp3) is 0.0182. The highest BCUT2D eigenvalue weighted by Gasteiger charge is 2.51. The van der Waals surface area contributed by atoms with Crippen LogP contribution in [0, 0.1) is 0 Å². The van der Waals surface area contributed by atoms with Crippen LogP contribution in [0.5, 0.6) is 11.5 Å². The molecule has 0 radical (unpaired) electrons. The molecule has 2 heterocycles. The topological polar surface area (TPSA) is 12.5 Å². The van der Waals surface area contributed by atoms with Crippen LogP contribution in [0.1, 0.15) is 22.3 Å². The predicted molar refractivity (Wildman–Crippen MR) is 242 cm³/mol. The fourth-order valence-corrected chi connectivity index (χ4v) is 11.1. The van der Waals surface area contributed by atoms with Crippen LogP contribution in [-0.2, 0) is 5.41 Å². The third kappa shape index (κ3) is 4.71. The molecule has 1 aromatic heterocycles. The second-order valence-electron chi connectivity index (χ2n) is 15.1. The van der Waals surface area contributed by atoms with Crippen molar-refractivity contribution >= 4 is 48.6 Å². The predicted octanol–water partition coefficient (Wildman–Crippen LogP) is 15.3. The van der Waals surface area contributed by atoms with Gasteiger partial charge in [0.05, 0.1) is 11.1 Å². The van der Waals surface area contributed by atoms with E-state index in [0.29, 0.717) is 0 Å². The Balaban J connectivity index is 1.12. The van der Waals surface area contributed by atoms with Crippen molar-refractivity contribution in [2.24, 2.45) is 0 Å². The average Bonchev–Trinajstić information content (AvgIpc) is 3.82. The molecule has 9 aromatic carbocycles. The third-order valence-electron chi connectivity index (χ3n) is 12.1. The summed E-state index contributed by atoms with van der Waals surface area (Å²) in [6.07, 6.45) is 0. The van der Waals surface area contributed by atoms with Crippen LogP contribution >= 0.6 is 11.3 Å². The van der Waals surface area contributed by atoms with Gasteiger partial charge in [0.2, 0.25) is 0 Å². The smallest absolute Gasteiger partial charge is 0.134 e. The van der Waals surface area contributed by atoms with Crippen molar-refractivity contribution in [3.8, 4) is 44.9 Å². The molecule has 272 valence electrons. The molecule has 3 heteroatoms. The number of hydrogen-bond acceptors (Lipinski definition) is 3. The van der Waals surface area contributed by atoms with Gasteiger partial charge < -0.3 is 9.64 Å². The first-order valence-electron chi connectivity index (χ1n) is 19.8. The van der Waals surface area contributed by atoms with E-state index in [0.717, 1.165) is 34.1 Å². The van der Waals surface area contributed by atoms with E-state index in [1.165, 1.54) is 70.2 Å². The van der Waals surface area contributed by atoms with Crippen LogP contribution in [0.2, 0.25) is 0 Å². The van der Waals surface area contributed by atoms with Crippen LogP contribution in [0.3, 0.4) is 0 Å². The Kier molecular flexibility index (Phi) is 7.35. The van der Waals surface area contributed by atoms with Crippen LogP contribution in [0.15, 0.2) is 212 Å². The maximum absolute atomic E-state index is 7.01. The average molecular weight is 758 g/mol. The van der Waals surface area contributed by atoms with Gasteiger partial charge in [0.1, 0.15) is 11.5 Å². The zero-order chi connectivity index (χ0) is 38.2. The van der Waals surface area contributed by atoms with Gasteiger partial charge in [-0.05, 0) is 75.3 Å². The lowest BCUT2D eigenvalue weighted by atomic mass is 9.66. The molecule has 0 saturated carbocycles. The minimum atomic E-state index is -0.519. The van der Waals surface area contributed by atoms with E-state index in [-0.39, 0.29) is 0 Å². The Labute approximate surface area is 341 Å². The molecule has 0 unspecified atom stereocenters. The molecule has 1 aliphatic carbocycles. The zero-order valence-electron chi connectivity index (χ0n) is 31.5. The van der Waals surface area contributed by atoms with Crippen LogP contribution in [0.4, 0.5) is 17.1 Å². The zero-order valence-corrected chi connectivity index (χ0v) is 32.3. The maximum atomic E-state index is 7.01. The molecule has 12 rings (SSSR count). The molecular weight excluding hydrogens is 723 g/mol. The number of fused-ring (bicyclic) bond motifs is 12. The second kappa shape index (κ2) is 12.9. The molecule has 0 atom stereocenters. The molecule has 0 N–H and O–H groups in total. The molecule has 1 spiro atoms. The number of rotatable bonds is 5. The van der Waals surface area contributed by atoms with E-state index in [1.54, 1.807) is 0 Å². The summed E-state index contributed by atoms with van der Waals surface area (Å²) in [4.78, 5) is 2.41. The first-order valence-corrected chi connectivity index (χ1v) is 20.7. The van der Waals surface area contributed by atoms with Crippen LogP contribution < -0.4 is 9.64 Å². The lowest BCUT2D eigenvalue weighted by Gasteiger charge is -2.40. The van der Waals surface area contributed by atoms with Crippen molar-refractivity contribution in [2.45, 2.75) is 5.41 Å². The van der Waals surface area contributed by atoms with E-state index < -0.39 is 5.41 Å². The maximum Gasteiger partial charge on any atom is 0.134 e. The van der Waals surface area contributed by atoms with Gasteiger partial charge in [-0.3, -0.25) is 0 Å². The minimum Gasteiger partial charge on any atom is -0.457 e. The largest absolute Gasteiger partial charge is 0.457 e. The van der Waals surface area contributed by atoms with Crippen molar-refractivity contribution in [1.29, 1.82) is 0 Å². The van der Waals surface area contributed by atoms with Gasteiger partial charge in [0.25, 0.3) is 0 Å². The lowest BCUT2D eigenvalue weighted by Crippen LogP contribution is -2.32. The summed E-state index contributed by atoms with van der Waals surface area (Å²) in [6.45, 7) is 0. The van der Waals surface area contributed by atoms with Gasteiger partial charge in [-0.25, -0.2) is 0 Å². The Morgan fingerprint density at radius 3 is 1.72 bits per heavy atom. The van der Waals surface area contributed by atoms with Crippen molar-refractivity contribution in [2.75, 3.05) is 4.90 Å². The minimum absolute atomic E-state index is 0.519. The van der Waals surface area contributed by atoms with Gasteiger partial charge in [-0.2, -0.15) is 0 Å². The molecule has 2 nitrogen and oxygen atoms in total. The van der Waals surface area contributed by atoms with Crippen molar-refractivity contribution in [3.63, 3.8) is 0 Å². The van der Waals surface area contributed by atoms with Gasteiger partial charge in [0.15, 0.2) is 0 Å². The third-order valence-corrected chi connectivity index (χ3v) is 13.3. The fourth-order valence-electron chi connectivity index (χ4n) is 9.80. The monoisotopic (exact) mass is 757 g/mol. The molecule has 0 fully saturated rings. The molecule has 0 amide bonds. The molecule has 58 heavy (non-hydrogen) atoms. The molecule has 0 bridgehead atoms. The number of para-hydroxylation sites is 2. The van der Waals surface area contributed by atoms with E-state index in [2.05, 4.69) is 217 Å². The highest BCUT2D eigenvalue weighted by Crippen LogP contribution is 2.62. The number of nitrogens with zero attached hydrogens (tertiary/aromatic N) is 1. The summed E-state index contributed by atoms with van der Waals surface area (Å²) in [6, 6.07) is 77.1. The Morgan fingerprint density at radius 2 is 1.00 bits per heavy atom. The SMILES string of the molecule is c1ccc(-c2c(N(c3ccccc3)c3ccc4c(c3)Oc3ccccc3C43c4ccccc4-c4ccccc43)ccc3c2sc2cccc(-c4ccccc4)c23)cc1. The lowest BCUT2D eigenvalue weighted by molar-refractivity contribution is 0.436. The number of hydrogen-bond donors (Lipinski definition) is 0. The van der Waals surface area contributed by atoms with Gasteiger partial charge >= 0.3 is 0 Å². The van der Waals surface area contributed by atoms with Crippen molar-refractivity contribution in [1.82, 2.24) is 0 Å². The van der Waals surface area contributed by atoms with Crippen molar-refractivity contribution in [3.05, 3.63) is 235 Å². The number of thiophene rings is 1. The standard InChI is InChI=1S/C55H35NOS/c1-4-17-36(18-5-1)40-25-16-30-51-53(40)43-32-34-48(52(54(43)58-51)37-19-6-2-7-20-37)56(38-21-8-3-9-22-38)39-31-33-47-50(35-39)57-49-29-15-14-28-46(49)55(47)44-26-12-10-23-41(44)42-24-11-13-27-45(42)55/h1-35H. The summed E-state index contributed by atoms with van der Waals surface area (Å²) in [5, 5.41) is 2.56. The first-order chi connectivity index (χ1) is 28.8. The Morgan fingerprint density at radius 1 is 0.414 bits per heavy atom. The summed E-state index contributed by atoms with van der Waals surface area (Å²) in [5.41, 5.74) is 15.0. The molecule has 1 aliphatic heterocycles. The van der Waals surface area contributed by atoms with E-state index in [1.807, 2.05) is 11.3 Å². The highest BCUT2D eigenvalue weighted by atomic mass is 32.1. The van der Waals surface area contributed by atoms with E-state index in [9.17, 15) is 0 Å². The molecule has 10 aromatic rings. The van der Waals surface area contributed by atoms with E-state index >= 15 is 0 Å². The molecule has 0 saturated heterocycles. The van der Waals surface area contributed by atoms with Crippen molar-refractivity contribution < 1.29 is 4.74 Å². The number of benzene rings is 9. The molecule has 2 aliphatic rings. The highest BCUT2D eigenvalue weighted by molar-refractivity contribution is 7.26. The van der Waals surface area contributed by atoms with Crippen LogP contribution in [0.25, 0.3) is 53.6 Å². The summed E-state index contributed by atoms with van der Waals surface area (Å²) in [5.74, 6) is 1.75. The summed E-state index contributed by atoms with van der Waals surface area (Å²) >= 11 is 1.88. The Bertz CT molecular complexity index is 3160.